The SMILES string of the molecule is CCOc1cc(/C=N/NC(=O)C(NC(=O)c2ccc3c(c2)OCO3)C(C)C)cc(I)c1OC. The van der Waals surface area contributed by atoms with E-state index in [4.69, 9.17) is 18.9 Å². The van der Waals surface area contributed by atoms with Crippen molar-refractivity contribution in [1.82, 2.24) is 10.7 Å². The normalized spacial score (nSPS) is 13.2. The second-order valence-corrected chi connectivity index (χ2v) is 8.63. The number of benzene rings is 2. The second kappa shape index (κ2) is 11.2. The lowest BCUT2D eigenvalue weighted by atomic mass is 10.0. The molecule has 176 valence electrons. The summed E-state index contributed by atoms with van der Waals surface area (Å²) in [5.74, 6) is 1.34. The van der Waals surface area contributed by atoms with Crippen LogP contribution in [0.3, 0.4) is 0 Å². The Hall–Kier alpha value is -3.02. The van der Waals surface area contributed by atoms with E-state index in [9.17, 15) is 9.59 Å². The predicted molar refractivity (Wildman–Crippen MR) is 131 cm³/mol. The minimum atomic E-state index is -0.782. The zero-order valence-electron chi connectivity index (χ0n) is 18.8. The van der Waals surface area contributed by atoms with E-state index in [1.165, 1.54) is 6.21 Å². The summed E-state index contributed by atoms with van der Waals surface area (Å²) in [5.41, 5.74) is 3.61. The van der Waals surface area contributed by atoms with Crippen molar-refractivity contribution < 1.29 is 28.5 Å². The number of hydrogen-bond donors (Lipinski definition) is 2. The van der Waals surface area contributed by atoms with Gasteiger partial charge in [-0.2, -0.15) is 5.10 Å². The molecule has 2 aromatic rings. The molecule has 0 aromatic heterocycles. The van der Waals surface area contributed by atoms with E-state index < -0.39 is 17.9 Å². The summed E-state index contributed by atoms with van der Waals surface area (Å²) >= 11 is 2.15. The molecular weight excluding hydrogens is 541 g/mol. The van der Waals surface area contributed by atoms with E-state index >= 15 is 0 Å². The molecular formula is C23H26IN3O6. The maximum Gasteiger partial charge on any atom is 0.262 e. The summed E-state index contributed by atoms with van der Waals surface area (Å²) in [6.45, 7) is 6.18. The lowest BCUT2D eigenvalue weighted by Crippen LogP contribution is -2.48. The highest BCUT2D eigenvalue weighted by Crippen LogP contribution is 2.34. The molecule has 0 radical (unpaired) electrons. The number of amides is 2. The summed E-state index contributed by atoms with van der Waals surface area (Å²) in [5, 5.41) is 6.82. The molecule has 0 saturated carbocycles. The van der Waals surface area contributed by atoms with Crippen molar-refractivity contribution >= 4 is 40.6 Å². The molecule has 0 fully saturated rings. The Labute approximate surface area is 206 Å². The van der Waals surface area contributed by atoms with Crippen molar-refractivity contribution in [1.29, 1.82) is 0 Å². The van der Waals surface area contributed by atoms with E-state index in [-0.39, 0.29) is 12.7 Å². The minimum Gasteiger partial charge on any atom is -0.492 e. The monoisotopic (exact) mass is 567 g/mol. The topological polar surface area (TPSA) is 107 Å². The van der Waals surface area contributed by atoms with Crippen LogP contribution in [-0.4, -0.2) is 44.6 Å². The Morgan fingerprint density at radius 1 is 1.21 bits per heavy atom. The molecule has 1 unspecified atom stereocenters. The zero-order chi connectivity index (χ0) is 24.0. The Morgan fingerprint density at radius 2 is 1.97 bits per heavy atom. The zero-order valence-corrected chi connectivity index (χ0v) is 21.0. The largest absolute Gasteiger partial charge is 0.492 e. The van der Waals surface area contributed by atoms with Crippen LogP contribution < -0.4 is 29.7 Å². The van der Waals surface area contributed by atoms with E-state index in [0.29, 0.717) is 35.2 Å². The van der Waals surface area contributed by atoms with Gasteiger partial charge >= 0.3 is 0 Å². The average molecular weight is 567 g/mol. The van der Waals surface area contributed by atoms with Crippen LogP contribution in [0.2, 0.25) is 0 Å². The lowest BCUT2D eigenvalue weighted by Gasteiger charge is -2.20. The summed E-state index contributed by atoms with van der Waals surface area (Å²) in [6.07, 6.45) is 1.51. The predicted octanol–water partition coefficient (Wildman–Crippen LogP) is 3.33. The fourth-order valence-corrected chi connectivity index (χ4v) is 4.01. The molecule has 2 amide bonds. The van der Waals surface area contributed by atoms with Gasteiger partial charge in [-0.05, 0) is 71.3 Å². The number of hydrogen-bond acceptors (Lipinski definition) is 7. The highest BCUT2D eigenvalue weighted by molar-refractivity contribution is 14.1. The maximum absolute atomic E-state index is 12.7. The highest BCUT2D eigenvalue weighted by Gasteiger charge is 2.25. The summed E-state index contributed by atoms with van der Waals surface area (Å²) < 4.78 is 22.4. The quantitative estimate of drug-likeness (QED) is 0.274. The van der Waals surface area contributed by atoms with Crippen LogP contribution in [0, 0.1) is 9.49 Å². The third kappa shape index (κ3) is 6.06. The van der Waals surface area contributed by atoms with Crippen molar-refractivity contribution in [3.8, 4) is 23.0 Å². The van der Waals surface area contributed by atoms with Crippen LogP contribution in [0.1, 0.15) is 36.7 Å². The number of hydrazone groups is 1. The van der Waals surface area contributed by atoms with Crippen molar-refractivity contribution in [2.75, 3.05) is 20.5 Å². The Morgan fingerprint density at radius 3 is 2.67 bits per heavy atom. The molecule has 0 spiro atoms. The molecule has 0 saturated heterocycles. The standard InChI is InChI=1S/C23H26IN3O6/c1-5-31-19-9-14(8-16(24)21(19)30-4)11-25-27-23(29)20(13(2)3)26-22(28)15-6-7-17-18(10-15)33-12-32-17/h6-11,13,20H,5,12H2,1-4H3,(H,26,28)(H,27,29)/b25-11+. The van der Waals surface area contributed by atoms with Gasteiger partial charge in [-0.25, -0.2) is 5.43 Å². The van der Waals surface area contributed by atoms with Crippen molar-refractivity contribution in [3.05, 3.63) is 45.0 Å². The second-order valence-electron chi connectivity index (χ2n) is 7.46. The van der Waals surface area contributed by atoms with Crippen LogP contribution >= 0.6 is 22.6 Å². The first-order valence-corrected chi connectivity index (χ1v) is 11.5. The van der Waals surface area contributed by atoms with Gasteiger partial charge in [0.15, 0.2) is 23.0 Å². The lowest BCUT2D eigenvalue weighted by molar-refractivity contribution is -0.123. The van der Waals surface area contributed by atoms with Crippen LogP contribution in [0.15, 0.2) is 35.4 Å². The van der Waals surface area contributed by atoms with E-state index in [0.717, 1.165) is 9.13 Å². The molecule has 1 aliphatic rings. The Balaban J connectivity index is 1.67. The van der Waals surface area contributed by atoms with Gasteiger partial charge < -0.3 is 24.3 Å². The number of halogens is 1. The van der Waals surface area contributed by atoms with Gasteiger partial charge in [-0.1, -0.05) is 13.8 Å². The molecule has 2 N–H and O–H groups in total. The molecule has 1 heterocycles. The van der Waals surface area contributed by atoms with Crippen molar-refractivity contribution in [2.45, 2.75) is 26.8 Å². The van der Waals surface area contributed by atoms with Gasteiger partial charge in [0.25, 0.3) is 11.8 Å². The van der Waals surface area contributed by atoms with Crippen molar-refractivity contribution in [3.63, 3.8) is 0 Å². The number of rotatable bonds is 9. The van der Waals surface area contributed by atoms with Gasteiger partial charge in [-0.3, -0.25) is 9.59 Å². The van der Waals surface area contributed by atoms with Crippen LogP contribution in [0.25, 0.3) is 0 Å². The molecule has 0 bridgehead atoms. The van der Waals surface area contributed by atoms with Gasteiger partial charge in [0.1, 0.15) is 6.04 Å². The van der Waals surface area contributed by atoms with E-state index in [2.05, 4.69) is 38.4 Å². The van der Waals surface area contributed by atoms with Gasteiger partial charge in [-0.15, -0.1) is 0 Å². The smallest absolute Gasteiger partial charge is 0.262 e. The number of carbonyl (C=O) groups excluding carboxylic acids is 2. The van der Waals surface area contributed by atoms with Gasteiger partial charge in [0, 0.05) is 5.56 Å². The molecule has 1 aliphatic heterocycles. The number of ether oxygens (including phenoxy) is 4. The van der Waals surface area contributed by atoms with Crippen LogP contribution in [-0.2, 0) is 4.79 Å². The molecule has 9 nitrogen and oxygen atoms in total. The molecule has 2 aromatic carbocycles. The number of nitrogens with zero attached hydrogens (tertiary/aromatic N) is 1. The van der Waals surface area contributed by atoms with Gasteiger partial charge in [0.2, 0.25) is 6.79 Å². The number of nitrogens with one attached hydrogen (secondary N) is 2. The number of fused-ring (bicyclic) bond motifs is 1. The highest BCUT2D eigenvalue weighted by atomic mass is 127. The molecule has 3 rings (SSSR count). The van der Waals surface area contributed by atoms with E-state index in [1.54, 1.807) is 31.4 Å². The Bertz CT molecular complexity index is 1060. The first kappa shape index (κ1) is 24.6. The van der Waals surface area contributed by atoms with Crippen molar-refractivity contribution in [2.24, 2.45) is 11.0 Å². The summed E-state index contributed by atoms with van der Waals surface area (Å²) in [7, 11) is 1.58. The number of methoxy groups -OCH3 is 1. The fraction of sp³-hybridized carbons (Fsp3) is 0.348. The van der Waals surface area contributed by atoms with Crippen LogP contribution in [0.5, 0.6) is 23.0 Å². The van der Waals surface area contributed by atoms with Gasteiger partial charge in [0.05, 0.1) is 23.5 Å². The summed E-state index contributed by atoms with van der Waals surface area (Å²) in [6, 6.07) is 7.73. The maximum atomic E-state index is 12.7. The average Bonchev–Trinajstić information content (AvgIpc) is 3.25. The fourth-order valence-electron chi connectivity index (χ4n) is 3.16. The third-order valence-corrected chi connectivity index (χ3v) is 5.60. The Kier molecular flexibility index (Phi) is 8.37. The molecule has 1 atom stereocenters. The number of carbonyl (C=O) groups is 2. The first-order valence-electron chi connectivity index (χ1n) is 10.4. The summed E-state index contributed by atoms with van der Waals surface area (Å²) in [4.78, 5) is 25.4. The first-order chi connectivity index (χ1) is 15.8. The minimum absolute atomic E-state index is 0.120. The molecule has 10 heteroatoms. The molecule has 0 aliphatic carbocycles. The molecule has 33 heavy (non-hydrogen) atoms. The van der Waals surface area contributed by atoms with Crippen LogP contribution in [0.4, 0.5) is 0 Å². The van der Waals surface area contributed by atoms with E-state index in [1.807, 2.05) is 26.8 Å². The third-order valence-electron chi connectivity index (χ3n) is 4.79.